The van der Waals surface area contributed by atoms with Crippen molar-refractivity contribution >= 4 is 5.91 Å². The van der Waals surface area contributed by atoms with Crippen molar-refractivity contribution in [2.45, 2.75) is 58.0 Å². The summed E-state index contributed by atoms with van der Waals surface area (Å²) >= 11 is 0. The van der Waals surface area contributed by atoms with Crippen LogP contribution in [0, 0.1) is 11.8 Å². The Hall–Kier alpha value is -1.36. The maximum absolute atomic E-state index is 12.5. The van der Waals surface area contributed by atoms with E-state index in [2.05, 4.69) is 26.7 Å². The minimum atomic E-state index is 0.199. The number of nitrogens with zero attached hydrogens (tertiary/aromatic N) is 3. The smallest absolute Gasteiger partial charge is 0.223 e. The van der Waals surface area contributed by atoms with E-state index in [0.717, 1.165) is 57.1 Å². The number of amides is 1. The summed E-state index contributed by atoms with van der Waals surface area (Å²) < 4.78 is 2.07. The van der Waals surface area contributed by atoms with Gasteiger partial charge in [0.05, 0.1) is 6.54 Å². The molecular formula is C18H30N4O. The van der Waals surface area contributed by atoms with Crippen LogP contribution in [0.1, 0.15) is 51.3 Å². The summed E-state index contributed by atoms with van der Waals surface area (Å²) in [5, 5.41) is 3.31. The average molecular weight is 318 g/mol. The van der Waals surface area contributed by atoms with Gasteiger partial charge < -0.3 is 9.88 Å². The van der Waals surface area contributed by atoms with Gasteiger partial charge in [0.15, 0.2) is 0 Å². The van der Waals surface area contributed by atoms with Crippen molar-refractivity contribution in [3.8, 4) is 0 Å². The van der Waals surface area contributed by atoms with Gasteiger partial charge in [0.2, 0.25) is 5.91 Å². The molecule has 2 aliphatic rings. The standard InChI is InChI=1S/C18H30N4O/c1-14-4-3-5-16(12-14)20-18(23)15-6-9-22(10-7-15)13-17-19-8-11-21(17)2/h8,11,14-16H,3-7,9-10,12-13H2,1-2H3,(H,20,23). The number of carbonyl (C=O) groups excluding carboxylic acids is 1. The van der Waals surface area contributed by atoms with Crippen molar-refractivity contribution in [2.24, 2.45) is 18.9 Å². The number of imidazole rings is 1. The summed E-state index contributed by atoms with van der Waals surface area (Å²) in [5.74, 6) is 2.35. The van der Waals surface area contributed by atoms with Crippen molar-refractivity contribution in [3.63, 3.8) is 0 Å². The summed E-state index contributed by atoms with van der Waals surface area (Å²) in [7, 11) is 2.04. The van der Waals surface area contributed by atoms with Crippen molar-refractivity contribution < 1.29 is 4.79 Å². The minimum absolute atomic E-state index is 0.199. The Kier molecular flexibility index (Phi) is 5.36. The molecule has 5 heteroatoms. The third-order valence-electron chi connectivity index (χ3n) is 5.53. The fourth-order valence-corrected chi connectivity index (χ4v) is 3.99. The maximum atomic E-state index is 12.5. The summed E-state index contributed by atoms with van der Waals surface area (Å²) in [4.78, 5) is 19.3. The van der Waals surface area contributed by atoms with Gasteiger partial charge in [0, 0.05) is 31.4 Å². The van der Waals surface area contributed by atoms with Crippen LogP contribution in [-0.2, 0) is 18.4 Å². The first-order chi connectivity index (χ1) is 11.1. The van der Waals surface area contributed by atoms with E-state index in [4.69, 9.17) is 0 Å². The van der Waals surface area contributed by atoms with Crippen LogP contribution in [0.3, 0.4) is 0 Å². The molecule has 1 aromatic rings. The van der Waals surface area contributed by atoms with Gasteiger partial charge in [0.1, 0.15) is 5.82 Å². The molecule has 1 aliphatic carbocycles. The fourth-order valence-electron chi connectivity index (χ4n) is 3.99. The van der Waals surface area contributed by atoms with E-state index in [1.54, 1.807) is 0 Å². The first-order valence-corrected chi connectivity index (χ1v) is 9.10. The quantitative estimate of drug-likeness (QED) is 0.927. The molecule has 0 bridgehead atoms. The normalized spacial score (nSPS) is 27.0. The Balaban J connectivity index is 1.43. The highest BCUT2D eigenvalue weighted by molar-refractivity contribution is 5.79. The molecule has 1 saturated heterocycles. The number of piperidine rings is 1. The molecule has 0 radical (unpaired) electrons. The molecule has 3 rings (SSSR count). The molecule has 2 unspecified atom stereocenters. The van der Waals surface area contributed by atoms with Crippen LogP contribution >= 0.6 is 0 Å². The van der Waals surface area contributed by atoms with E-state index < -0.39 is 0 Å². The summed E-state index contributed by atoms with van der Waals surface area (Å²) in [6.45, 7) is 5.17. The van der Waals surface area contributed by atoms with Crippen LogP contribution in [0.15, 0.2) is 12.4 Å². The molecule has 2 fully saturated rings. The second kappa shape index (κ2) is 7.47. The van der Waals surface area contributed by atoms with Gasteiger partial charge in [-0.1, -0.05) is 19.8 Å². The van der Waals surface area contributed by atoms with Crippen LogP contribution in [0.25, 0.3) is 0 Å². The molecule has 1 aromatic heterocycles. The van der Waals surface area contributed by atoms with Crippen molar-refractivity contribution in [3.05, 3.63) is 18.2 Å². The molecule has 2 atom stereocenters. The van der Waals surface area contributed by atoms with Crippen molar-refractivity contribution in [1.29, 1.82) is 0 Å². The second-order valence-corrected chi connectivity index (χ2v) is 7.48. The molecule has 23 heavy (non-hydrogen) atoms. The van der Waals surface area contributed by atoms with E-state index in [-0.39, 0.29) is 5.92 Å². The monoisotopic (exact) mass is 318 g/mol. The number of likely N-dealkylation sites (tertiary alicyclic amines) is 1. The van der Waals surface area contributed by atoms with Gasteiger partial charge in [-0.15, -0.1) is 0 Å². The van der Waals surface area contributed by atoms with Crippen LogP contribution in [0.4, 0.5) is 0 Å². The predicted octanol–water partition coefficient (Wildman–Crippen LogP) is 2.33. The third-order valence-corrected chi connectivity index (χ3v) is 5.53. The van der Waals surface area contributed by atoms with Gasteiger partial charge in [-0.3, -0.25) is 9.69 Å². The highest BCUT2D eigenvalue weighted by Gasteiger charge is 2.28. The van der Waals surface area contributed by atoms with E-state index >= 15 is 0 Å². The highest BCUT2D eigenvalue weighted by atomic mass is 16.1. The Bertz CT molecular complexity index is 519. The molecule has 0 aromatic carbocycles. The zero-order valence-corrected chi connectivity index (χ0v) is 14.5. The SMILES string of the molecule is CC1CCCC(NC(=O)C2CCN(Cc3nccn3C)CC2)C1. The van der Waals surface area contributed by atoms with Gasteiger partial charge in [-0.05, 0) is 44.7 Å². The van der Waals surface area contributed by atoms with Crippen molar-refractivity contribution in [1.82, 2.24) is 19.8 Å². The number of aryl methyl sites for hydroxylation is 1. The molecule has 1 aliphatic heterocycles. The molecule has 2 heterocycles. The first-order valence-electron chi connectivity index (χ1n) is 9.10. The van der Waals surface area contributed by atoms with E-state index in [0.29, 0.717) is 11.9 Å². The molecule has 0 spiro atoms. The lowest BCUT2D eigenvalue weighted by molar-refractivity contribution is -0.127. The molecular weight excluding hydrogens is 288 g/mol. The average Bonchev–Trinajstić information content (AvgIpc) is 2.93. The summed E-state index contributed by atoms with van der Waals surface area (Å²) in [6.07, 6.45) is 10.7. The number of carbonyl (C=O) groups is 1. The van der Waals surface area contributed by atoms with E-state index in [1.165, 1.54) is 12.8 Å². The highest BCUT2D eigenvalue weighted by Crippen LogP contribution is 2.25. The fraction of sp³-hybridized carbons (Fsp3) is 0.778. The lowest BCUT2D eigenvalue weighted by atomic mass is 9.86. The molecule has 1 amide bonds. The lowest BCUT2D eigenvalue weighted by Gasteiger charge is -2.33. The molecule has 5 nitrogen and oxygen atoms in total. The van der Waals surface area contributed by atoms with Gasteiger partial charge in [-0.25, -0.2) is 4.98 Å². The second-order valence-electron chi connectivity index (χ2n) is 7.48. The van der Waals surface area contributed by atoms with Gasteiger partial charge in [-0.2, -0.15) is 0 Å². The zero-order chi connectivity index (χ0) is 16.2. The van der Waals surface area contributed by atoms with E-state index in [9.17, 15) is 4.79 Å². The number of rotatable bonds is 4. The van der Waals surface area contributed by atoms with Gasteiger partial charge in [0.25, 0.3) is 0 Å². The molecule has 1 saturated carbocycles. The lowest BCUT2D eigenvalue weighted by Crippen LogP contribution is -2.45. The number of hydrogen-bond acceptors (Lipinski definition) is 3. The van der Waals surface area contributed by atoms with Crippen LogP contribution in [0.5, 0.6) is 0 Å². The Morgan fingerprint density at radius 2 is 2.09 bits per heavy atom. The van der Waals surface area contributed by atoms with Crippen LogP contribution in [0.2, 0.25) is 0 Å². The number of nitrogens with one attached hydrogen (secondary N) is 1. The number of aromatic nitrogens is 2. The Labute approximate surface area is 139 Å². The Morgan fingerprint density at radius 1 is 1.30 bits per heavy atom. The van der Waals surface area contributed by atoms with Crippen molar-refractivity contribution in [2.75, 3.05) is 13.1 Å². The maximum Gasteiger partial charge on any atom is 0.223 e. The zero-order valence-electron chi connectivity index (χ0n) is 14.5. The number of hydrogen-bond donors (Lipinski definition) is 1. The summed E-state index contributed by atoms with van der Waals surface area (Å²) in [6, 6.07) is 0.414. The molecule has 1 N–H and O–H groups in total. The van der Waals surface area contributed by atoms with Gasteiger partial charge >= 0.3 is 0 Å². The van der Waals surface area contributed by atoms with Crippen LogP contribution in [-0.4, -0.2) is 39.5 Å². The van der Waals surface area contributed by atoms with E-state index in [1.807, 2.05) is 19.4 Å². The largest absolute Gasteiger partial charge is 0.353 e. The third kappa shape index (κ3) is 4.34. The topological polar surface area (TPSA) is 50.2 Å². The summed E-state index contributed by atoms with van der Waals surface area (Å²) in [5.41, 5.74) is 0. The minimum Gasteiger partial charge on any atom is -0.353 e. The Morgan fingerprint density at radius 3 is 2.74 bits per heavy atom. The first kappa shape index (κ1) is 16.5. The van der Waals surface area contributed by atoms with Crippen LogP contribution < -0.4 is 5.32 Å². The predicted molar refractivity (Wildman–Crippen MR) is 90.8 cm³/mol. The molecule has 128 valence electrons.